The molecule has 1 aliphatic rings. The van der Waals surface area contributed by atoms with E-state index in [-0.39, 0.29) is 5.97 Å². The molecule has 134 valence electrons. The van der Waals surface area contributed by atoms with E-state index < -0.39 is 0 Å². The quantitative estimate of drug-likeness (QED) is 0.536. The van der Waals surface area contributed by atoms with E-state index in [0.717, 1.165) is 57.7 Å². The Hall–Kier alpha value is -1.39. The molecule has 0 amide bonds. The Morgan fingerprint density at radius 3 is 2.62 bits per heavy atom. The van der Waals surface area contributed by atoms with E-state index in [1.165, 1.54) is 5.56 Å². The Morgan fingerprint density at radius 2 is 1.96 bits per heavy atom. The smallest absolute Gasteiger partial charge is 0.338 e. The molecular formula is C20H31NO3. The van der Waals surface area contributed by atoms with Gasteiger partial charge in [0.15, 0.2) is 0 Å². The highest BCUT2D eigenvalue weighted by atomic mass is 16.5. The van der Waals surface area contributed by atoms with Crippen molar-refractivity contribution >= 4 is 5.97 Å². The fourth-order valence-electron chi connectivity index (χ4n) is 3.14. The van der Waals surface area contributed by atoms with Crippen molar-refractivity contribution in [3.63, 3.8) is 0 Å². The zero-order valence-corrected chi connectivity index (χ0v) is 15.3. The Balaban J connectivity index is 1.63. The van der Waals surface area contributed by atoms with Crippen LogP contribution in [0.3, 0.4) is 0 Å². The van der Waals surface area contributed by atoms with E-state index in [9.17, 15) is 4.79 Å². The Morgan fingerprint density at radius 1 is 1.21 bits per heavy atom. The number of unbranched alkanes of at least 4 members (excludes halogenated alkanes) is 2. The van der Waals surface area contributed by atoms with Gasteiger partial charge in [-0.3, -0.25) is 4.90 Å². The van der Waals surface area contributed by atoms with E-state index in [4.69, 9.17) is 9.47 Å². The fraction of sp³-hybridized carbons (Fsp3) is 0.650. The molecule has 0 atom stereocenters. The lowest BCUT2D eigenvalue weighted by Crippen LogP contribution is -2.36. The SMILES string of the molecule is Cc1cc(C(=O)OCCCCCN2CCOCC2)ccc1C(C)C. The van der Waals surface area contributed by atoms with Crippen molar-refractivity contribution in [1.29, 1.82) is 0 Å². The first-order valence-corrected chi connectivity index (χ1v) is 9.15. The normalized spacial score (nSPS) is 15.7. The maximum atomic E-state index is 12.1. The van der Waals surface area contributed by atoms with Crippen LogP contribution in [0, 0.1) is 6.92 Å². The van der Waals surface area contributed by atoms with E-state index in [1.807, 2.05) is 18.2 Å². The molecule has 0 unspecified atom stereocenters. The van der Waals surface area contributed by atoms with Crippen LogP contribution < -0.4 is 0 Å². The summed E-state index contributed by atoms with van der Waals surface area (Å²) in [7, 11) is 0. The number of morpholine rings is 1. The van der Waals surface area contributed by atoms with Crippen LogP contribution in [-0.2, 0) is 9.47 Å². The van der Waals surface area contributed by atoms with Crippen LogP contribution in [-0.4, -0.2) is 50.3 Å². The minimum Gasteiger partial charge on any atom is -0.462 e. The van der Waals surface area contributed by atoms with E-state index >= 15 is 0 Å². The van der Waals surface area contributed by atoms with Crippen LogP contribution in [0.25, 0.3) is 0 Å². The molecule has 1 heterocycles. The number of aryl methyl sites for hydroxylation is 1. The van der Waals surface area contributed by atoms with Crippen LogP contribution in [0.5, 0.6) is 0 Å². The van der Waals surface area contributed by atoms with Crippen molar-refractivity contribution in [1.82, 2.24) is 4.90 Å². The number of esters is 1. The molecule has 1 aromatic carbocycles. The maximum Gasteiger partial charge on any atom is 0.338 e. The van der Waals surface area contributed by atoms with Gasteiger partial charge in [-0.05, 0) is 61.9 Å². The van der Waals surface area contributed by atoms with Gasteiger partial charge in [0.2, 0.25) is 0 Å². The molecule has 4 heteroatoms. The zero-order valence-electron chi connectivity index (χ0n) is 15.3. The lowest BCUT2D eigenvalue weighted by Gasteiger charge is -2.26. The van der Waals surface area contributed by atoms with Gasteiger partial charge in [0.05, 0.1) is 25.4 Å². The van der Waals surface area contributed by atoms with Crippen molar-refractivity contribution < 1.29 is 14.3 Å². The largest absolute Gasteiger partial charge is 0.462 e. The van der Waals surface area contributed by atoms with Gasteiger partial charge in [-0.15, -0.1) is 0 Å². The molecule has 0 saturated carbocycles. The van der Waals surface area contributed by atoms with Gasteiger partial charge in [0.1, 0.15) is 0 Å². The number of hydrogen-bond donors (Lipinski definition) is 0. The molecular weight excluding hydrogens is 302 g/mol. The number of nitrogens with zero attached hydrogens (tertiary/aromatic N) is 1. The summed E-state index contributed by atoms with van der Waals surface area (Å²) < 4.78 is 10.7. The fourth-order valence-corrected chi connectivity index (χ4v) is 3.14. The van der Waals surface area contributed by atoms with E-state index in [0.29, 0.717) is 18.1 Å². The molecule has 0 aromatic heterocycles. The Kier molecular flexibility index (Phi) is 7.73. The molecule has 0 N–H and O–H groups in total. The average molecular weight is 333 g/mol. The van der Waals surface area contributed by atoms with Gasteiger partial charge in [-0.25, -0.2) is 4.79 Å². The summed E-state index contributed by atoms with van der Waals surface area (Å²) in [4.78, 5) is 14.6. The topological polar surface area (TPSA) is 38.8 Å². The zero-order chi connectivity index (χ0) is 17.4. The van der Waals surface area contributed by atoms with Crippen LogP contribution in [0.2, 0.25) is 0 Å². The van der Waals surface area contributed by atoms with Crippen LogP contribution in [0.15, 0.2) is 18.2 Å². The third-order valence-electron chi connectivity index (χ3n) is 4.58. The summed E-state index contributed by atoms with van der Waals surface area (Å²) in [5.41, 5.74) is 3.10. The summed E-state index contributed by atoms with van der Waals surface area (Å²) in [6.07, 6.45) is 3.18. The number of ether oxygens (including phenoxy) is 2. The van der Waals surface area contributed by atoms with E-state index in [1.54, 1.807) is 0 Å². The number of rotatable bonds is 8. The van der Waals surface area contributed by atoms with Crippen molar-refractivity contribution in [2.24, 2.45) is 0 Å². The summed E-state index contributed by atoms with van der Waals surface area (Å²) >= 11 is 0. The van der Waals surface area contributed by atoms with Gasteiger partial charge in [0.25, 0.3) is 0 Å². The summed E-state index contributed by atoms with van der Waals surface area (Å²) in [6.45, 7) is 11.8. The van der Waals surface area contributed by atoms with E-state index in [2.05, 4.69) is 25.7 Å². The molecule has 1 aliphatic heterocycles. The monoisotopic (exact) mass is 333 g/mol. The molecule has 0 radical (unpaired) electrons. The molecule has 1 saturated heterocycles. The summed E-state index contributed by atoms with van der Waals surface area (Å²) in [6, 6.07) is 5.86. The van der Waals surface area contributed by atoms with Crippen LogP contribution >= 0.6 is 0 Å². The maximum absolute atomic E-state index is 12.1. The average Bonchev–Trinajstić information content (AvgIpc) is 2.58. The van der Waals surface area contributed by atoms with Crippen LogP contribution in [0.4, 0.5) is 0 Å². The highest BCUT2D eigenvalue weighted by Gasteiger charge is 2.11. The molecule has 2 rings (SSSR count). The lowest BCUT2D eigenvalue weighted by atomic mass is 9.96. The van der Waals surface area contributed by atoms with Gasteiger partial charge in [-0.1, -0.05) is 19.9 Å². The highest BCUT2D eigenvalue weighted by molar-refractivity contribution is 5.89. The third-order valence-corrected chi connectivity index (χ3v) is 4.58. The number of hydrogen-bond acceptors (Lipinski definition) is 4. The van der Waals surface area contributed by atoms with Crippen molar-refractivity contribution in [2.75, 3.05) is 39.5 Å². The summed E-state index contributed by atoms with van der Waals surface area (Å²) in [5.74, 6) is 0.267. The predicted octanol–water partition coefficient (Wildman–Crippen LogP) is 3.78. The highest BCUT2D eigenvalue weighted by Crippen LogP contribution is 2.20. The minimum absolute atomic E-state index is 0.207. The minimum atomic E-state index is -0.207. The molecule has 1 aromatic rings. The lowest BCUT2D eigenvalue weighted by molar-refractivity contribution is 0.0363. The molecule has 0 spiro atoms. The van der Waals surface area contributed by atoms with Crippen LogP contribution in [0.1, 0.15) is 60.5 Å². The van der Waals surface area contributed by atoms with Crippen molar-refractivity contribution in [3.8, 4) is 0 Å². The second-order valence-electron chi connectivity index (χ2n) is 6.88. The molecule has 0 aliphatic carbocycles. The Bertz CT molecular complexity index is 522. The van der Waals surface area contributed by atoms with Gasteiger partial charge in [0, 0.05) is 13.1 Å². The van der Waals surface area contributed by atoms with Gasteiger partial charge >= 0.3 is 5.97 Å². The molecule has 4 nitrogen and oxygen atoms in total. The number of carbonyl (C=O) groups is 1. The molecule has 0 bridgehead atoms. The van der Waals surface area contributed by atoms with Gasteiger partial charge in [-0.2, -0.15) is 0 Å². The number of benzene rings is 1. The first-order valence-electron chi connectivity index (χ1n) is 9.15. The molecule has 1 fully saturated rings. The standard InChI is InChI=1S/C20H31NO3/c1-16(2)19-8-7-18(15-17(19)3)20(22)24-12-6-4-5-9-21-10-13-23-14-11-21/h7-8,15-16H,4-6,9-14H2,1-3H3. The predicted molar refractivity (Wildman–Crippen MR) is 96.7 cm³/mol. The Labute approximate surface area is 146 Å². The molecule has 24 heavy (non-hydrogen) atoms. The first kappa shape index (κ1) is 18.9. The van der Waals surface area contributed by atoms with Gasteiger partial charge < -0.3 is 9.47 Å². The van der Waals surface area contributed by atoms with Crippen molar-refractivity contribution in [2.45, 2.75) is 46.0 Å². The second-order valence-corrected chi connectivity index (χ2v) is 6.88. The summed E-state index contributed by atoms with van der Waals surface area (Å²) in [5, 5.41) is 0. The third kappa shape index (κ3) is 5.91. The second kappa shape index (κ2) is 9.80. The van der Waals surface area contributed by atoms with Crippen molar-refractivity contribution in [3.05, 3.63) is 34.9 Å². The first-order chi connectivity index (χ1) is 11.6. The number of carbonyl (C=O) groups excluding carboxylic acids is 1.